The molecule has 1 aliphatic heterocycles. The van der Waals surface area contributed by atoms with Gasteiger partial charge in [-0.25, -0.2) is 0 Å². The zero-order valence-corrected chi connectivity index (χ0v) is 20.5. The summed E-state index contributed by atoms with van der Waals surface area (Å²) in [6.07, 6.45) is 0. The molecule has 1 amide bonds. The summed E-state index contributed by atoms with van der Waals surface area (Å²) in [6, 6.07) is 18.5. The Labute approximate surface area is 209 Å². The van der Waals surface area contributed by atoms with Crippen molar-refractivity contribution in [1.29, 1.82) is 0 Å². The van der Waals surface area contributed by atoms with E-state index in [2.05, 4.69) is 0 Å². The van der Waals surface area contributed by atoms with E-state index in [0.29, 0.717) is 52.1 Å². The summed E-state index contributed by atoms with van der Waals surface area (Å²) < 4.78 is 11.3. The molecule has 7 heteroatoms. The Hall–Kier alpha value is -3.77. The number of carbonyl (C=O) groups excluding carboxylic acids is 2. The Kier molecular flexibility index (Phi) is 7.12. The number of ether oxygens (including phenoxy) is 2. The van der Waals surface area contributed by atoms with Gasteiger partial charge in [0.25, 0.3) is 11.7 Å². The van der Waals surface area contributed by atoms with Crippen LogP contribution in [0.15, 0.2) is 72.3 Å². The quantitative estimate of drug-likeness (QED) is 0.246. The second-order valence-electron chi connectivity index (χ2n) is 7.99. The molecule has 1 unspecified atom stereocenters. The van der Waals surface area contributed by atoms with Crippen molar-refractivity contribution in [3.8, 4) is 11.5 Å². The number of hydrogen-bond donors (Lipinski definition) is 1. The summed E-state index contributed by atoms with van der Waals surface area (Å²) in [5.74, 6) is -0.914. The predicted octanol–water partition coefficient (Wildman–Crippen LogP) is 6.07. The van der Waals surface area contributed by atoms with Crippen molar-refractivity contribution >= 4 is 34.7 Å². The van der Waals surface area contributed by atoms with Gasteiger partial charge in [0.15, 0.2) is 0 Å². The molecule has 1 heterocycles. The predicted molar refractivity (Wildman–Crippen MR) is 136 cm³/mol. The summed E-state index contributed by atoms with van der Waals surface area (Å²) in [4.78, 5) is 28.2. The summed E-state index contributed by atoms with van der Waals surface area (Å²) >= 11 is 6.35. The molecular weight excluding hydrogens is 466 g/mol. The fourth-order valence-corrected chi connectivity index (χ4v) is 4.43. The van der Waals surface area contributed by atoms with Crippen LogP contribution in [-0.4, -0.2) is 30.0 Å². The van der Waals surface area contributed by atoms with Gasteiger partial charge in [0.2, 0.25) is 0 Å². The van der Waals surface area contributed by atoms with E-state index in [0.717, 1.165) is 0 Å². The lowest BCUT2D eigenvalue weighted by Crippen LogP contribution is -2.30. The Balaban J connectivity index is 1.96. The second-order valence-corrected chi connectivity index (χ2v) is 8.39. The van der Waals surface area contributed by atoms with Crippen LogP contribution >= 0.6 is 11.6 Å². The average Bonchev–Trinajstić information content (AvgIpc) is 3.12. The van der Waals surface area contributed by atoms with Crippen LogP contribution in [0.25, 0.3) is 5.76 Å². The molecule has 1 saturated heterocycles. The normalized spacial score (nSPS) is 17.0. The van der Waals surface area contributed by atoms with Gasteiger partial charge >= 0.3 is 0 Å². The zero-order valence-electron chi connectivity index (χ0n) is 19.7. The molecule has 0 saturated carbocycles. The number of aliphatic hydroxyl groups is 1. The first kappa shape index (κ1) is 24.4. The van der Waals surface area contributed by atoms with Gasteiger partial charge in [-0.2, -0.15) is 0 Å². The third-order valence-corrected chi connectivity index (χ3v) is 6.29. The van der Waals surface area contributed by atoms with Crippen LogP contribution in [0.1, 0.15) is 36.6 Å². The highest BCUT2D eigenvalue weighted by Gasteiger charge is 2.47. The molecule has 180 valence electrons. The molecule has 6 nitrogen and oxygen atoms in total. The summed E-state index contributed by atoms with van der Waals surface area (Å²) in [5, 5.41) is 12.0. The van der Waals surface area contributed by atoms with E-state index < -0.39 is 17.7 Å². The number of rotatable bonds is 7. The SMILES string of the molecule is CCOc1ccc(/C(O)=C2\C(=O)C(=O)N(c3cccc(Cl)c3C)C2c2ccccc2)c(OCC)c1. The number of carbonyl (C=O) groups is 2. The van der Waals surface area contributed by atoms with Gasteiger partial charge in [-0.05, 0) is 56.2 Å². The van der Waals surface area contributed by atoms with Crippen molar-refractivity contribution in [3.63, 3.8) is 0 Å². The van der Waals surface area contributed by atoms with Crippen LogP contribution in [0, 0.1) is 6.92 Å². The number of anilines is 1. The smallest absolute Gasteiger partial charge is 0.300 e. The van der Waals surface area contributed by atoms with Gasteiger partial charge < -0.3 is 14.6 Å². The van der Waals surface area contributed by atoms with Crippen molar-refractivity contribution in [2.75, 3.05) is 18.1 Å². The van der Waals surface area contributed by atoms with Crippen molar-refractivity contribution in [1.82, 2.24) is 0 Å². The molecule has 0 bridgehead atoms. The number of Topliss-reactive ketones (excluding diaryl/α,β-unsaturated/α-hetero) is 1. The summed E-state index contributed by atoms with van der Waals surface area (Å²) in [7, 11) is 0. The van der Waals surface area contributed by atoms with E-state index >= 15 is 0 Å². The Bertz CT molecular complexity index is 1300. The number of ketones is 1. The standard InChI is InChI=1S/C28H26ClNO5/c1-4-34-19-14-15-20(23(16-19)35-5-2)26(31)24-25(18-10-7-6-8-11-18)30(28(33)27(24)32)22-13-9-12-21(29)17(22)3/h6-16,25,31H,4-5H2,1-3H3/b26-24+. The monoisotopic (exact) mass is 491 g/mol. The van der Waals surface area contributed by atoms with E-state index in [1.807, 2.05) is 44.2 Å². The third kappa shape index (κ3) is 4.49. The Morgan fingerprint density at radius 3 is 2.37 bits per heavy atom. The highest BCUT2D eigenvalue weighted by atomic mass is 35.5. The van der Waals surface area contributed by atoms with Gasteiger partial charge in [0.05, 0.1) is 30.4 Å². The number of halogens is 1. The van der Waals surface area contributed by atoms with E-state index in [4.69, 9.17) is 21.1 Å². The zero-order chi connectivity index (χ0) is 25.1. The fourth-order valence-electron chi connectivity index (χ4n) is 4.26. The minimum atomic E-state index is -0.852. The molecule has 4 rings (SSSR count). The van der Waals surface area contributed by atoms with Crippen LogP contribution < -0.4 is 14.4 Å². The van der Waals surface area contributed by atoms with Crippen LogP contribution in [0.3, 0.4) is 0 Å². The molecule has 0 aromatic heterocycles. The van der Waals surface area contributed by atoms with Crippen molar-refractivity contribution in [2.24, 2.45) is 0 Å². The maximum Gasteiger partial charge on any atom is 0.300 e. The topological polar surface area (TPSA) is 76.1 Å². The van der Waals surface area contributed by atoms with Gasteiger partial charge in [-0.3, -0.25) is 14.5 Å². The first-order valence-electron chi connectivity index (χ1n) is 11.4. The molecule has 1 fully saturated rings. The maximum atomic E-state index is 13.4. The van der Waals surface area contributed by atoms with E-state index in [1.165, 1.54) is 4.90 Å². The summed E-state index contributed by atoms with van der Waals surface area (Å²) in [6.45, 7) is 6.29. The lowest BCUT2D eigenvalue weighted by Gasteiger charge is -2.27. The Morgan fingerprint density at radius 2 is 1.69 bits per heavy atom. The molecule has 35 heavy (non-hydrogen) atoms. The number of amides is 1. The van der Waals surface area contributed by atoms with E-state index in [9.17, 15) is 14.7 Å². The first-order valence-corrected chi connectivity index (χ1v) is 11.8. The molecule has 3 aromatic rings. The van der Waals surface area contributed by atoms with Crippen LogP contribution in [0.2, 0.25) is 5.02 Å². The molecule has 1 atom stereocenters. The number of benzene rings is 3. The molecule has 1 N–H and O–H groups in total. The molecule has 3 aromatic carbocycles. The van der Waals surface area contributed by atoms with E-state index in [1.54, 1.807) is 43.3 Å². The third-order valence-electron chi connectivity index (χ3n) is 5.88. The fraction of sp³-hybridized carbons (Fsp3) is 0.214. The molecule has 0 spiro atoms. The van der Waals surface area contributed by atoms with Crippen LogP contribution in [-0.2, 0) is 9.59 Å². The first-order chi connectivity index (χ1) is 16.9. The minimum Gasteiger partial charge on any atom is -0.507 e. The lowest BCUT2D eigenvalue weighted by molar-refractivity contribution is -0.132. The minimum absolute atomic E-state index is 0.0225. The van der Waals surface area contributed by atoms with Crippen LogP contribution in [0.4, 0.5) is 5.69 Å². The van der Waals surface area contributed by atoms with Gasteiger partial charge in [0.1, 0.15) is 17.3 Å². The van der Waals surface area contributed by atoms with Gasteiger partial charge in [-0.15, -0.1) is 0 Å². The van der Waals surface area contributed by atoms with Gasteiger partial charge in [-0.1, -0.05) is 48.0 Å². The largest absolute Gasteiger partial charge is 0.507 e. The second kappa shape index (κ2) is 10.2. The Morgan fingerprint density at radius 1 is 0.971 bits per heavy atom. The van der Waals surface area contributed by atoms with Crippen molar-refractivity contribution in [3.05, 3.63) is 94.0 Å². The number of hydrogen-bond acceptors (Lipinski definition) is 5. The van der Waals surface area contributed by atoms with E-state index in [-0.39, 0.29) is 11.3 Å². The molecular formula is C28H26ClNO5. The summed E-state index contributed by atoms with van der Waals surface area (Å²) in [5.41, 5.74) is 2.12. The molecule has 1 aliphatic rings. The molecule has 0 aliphatic carbocycles. The van der Waals surface area contributed by atoms with Gasteiger partial charge in [0, 0.05) is 16.8 Å². The van der Waals surface area contributed by atoms with Crippen LogP contribution in [0.5, 0.6) is 11.5 Å². The highest BCUT2D eigenvalue weighted by Crippen LogP contribution is 2.45. The average molecular weight is 492 g/mol. The molecule has 0 radical (unpaired) electrons. The highest BCUT2D eigenvalue weighted by molar-refractivity contribution is 6.52. The van der Waals surface area contributed by atoms with Crippen molar-refractivity contribution < 1.29 is 24.2 Å². The number of nitrogens with zero attached hydrogens (tertiary/aromatic N) is 1. The maximum absolute atomic E-state index is 13.4. The number of aliphatic hydroxyl groups excluding tert-OH is 1. The lowest BCUT2D eigenvalue weighted by atomic mass is 9.94. The van der Waals surface area contributed by atoms with Crippen molar-refractivity contribution in [2.45, 2.75) is 26.8 Å².